The van der Waals surface area contributed by atoms with Gasteiger partial charge in [-0.2, -0.15) is 0 Å². The van der Waals surface area contributed by atoms with Gasteiger partial charge in [0.1, 0.15) is 12.3 Å². The fourth-order valence-electron chi connectivity index (χ4n) is 5.31. The Labute approximate surface area is 216 Å². The molecule has 0 amide bonds. The van der Waals surface area contributed by atoms with Gasteiger partial charge in [-0.05, 0) is 61.4 Å². The van der Waals surface area contributed by atoms with E-state index < -0.39 is 21.2 Å². The van der Waals surface area contributed by atoms with Crippen molar-refractivity contribution in [1.82, 2.24) is 8.87 Å². The van der Waals surface area contributed by atoms with Crippen LogP contribution in [-0.2, 0) is 26.1 Å². The summed E-state index contributed by atoms with van der Waals surface area (Å²) in [6, 6.07) is 6.30. The maximum atomic E-state index is 13.4. The summed E-state index contributed by atoms with van der Waals surface area (Å²) in [5, 5.41) is 12.0. The highest BCUT2D eigenvalue weighted by Gasteiger charge is 2.37. The quantitative estimate of drug-likeness (QED) is 0.528. The number of carboxylic acids is 1. The zero-order valence-electron chi connectivity index (χ0n) is 20.5. The van der Waals surface area contributed by atoms with Crippen molar-refractivity contribution in [3.63, 3.8) is 0 Å². The molecule has 192 valence electrons. The van der Waals surface area contributed by atoms with Crippen LogP contribution in [0.3, 0.4) is 0 Å². The highest BCUT2D eigenvalue weighted by Crippen LogP contribution is 2.38. The molecular weight excluding hydrogens is 496 g/mol. The minimum Gasteiger partial charge on any atom is -0.491 e. The number of carbonyl (C=O) groups is 1. The number of aliphatic carboxylic acids is 1. The van der Waals surface area contributed by atoms with Crippen LogP contribution in [0.25, 0.3) is 10.9 Å². The molecule has 5 rings (SSSR count). The molecule has 1 fully saturated rings. The maximum absolute atomic E-state index is 13.4. The van der Waals surface area contributed by atoms with E-state index >= 15 is 0 Å². The van der Waals surface area contributed by atoms with Crippen LogP contribution in [0.4, 0.5) is 0 Å². The molecular formula is C27H32N2O5S2. The topological polar surface area (TPSA) is 88.8 Å². The van der Waals surface area contributed by atoms with Crippen LogP contribution in [-0.4, -0.2) is 58.6 Å². The van der Waals surface area contributed by atoms with Crippen molar-refractivity contribution < 1.29 is 23.1 Å². The van der Waals surface area contributed by atoms with Crippen LogP contribution in [0, 0.1) is 0 Å². The van der Waals surface area contributed by atoms with Gasteiger partial charge < -0.3 is 14.4 Å². The van der Waals surface area contributed by atoms with Crippen LogP contribution in [0.1, 0.15) is 49.7 Å². The number of nitrogens with zero attached hydrogens (tertiary/aromatic N) is 2. The van der Waals surface area contributed by atoms with Crippen molar-refractivity contribution in [2.45, 2.75) is 56.4 Å². The molecule has 3 unspecified atom stereocenters. The van der Waals surface area contributed by atoms with Gasteiger partial charge in [-0.3, -0.25) is 4.79 Å². The molecule has 1 N–H and O–H groups in total. The van der Waals surface area contributed by atoms with Gasteiger partial charge in [-0.15, -0.1) is 11.8 Å². The van der Waals surface area contributed by atoms with Crippen molar-refractivity contribution in [1.29, 1.82) is 0 Å². The van der Waals surface area contributed by atoms with E-state index in [-0.39, 0.29) is 18.6 Å². The first-order valence-corrected chi connectivity index (χ1v) is 14.9. The van der Waals surface area contributed by atoms with E-state index in [0.717, 1.165) is 22.2 Å². The van der Waals surface area contributed by atoms with Gasteiger partial charge >= 0.3 is 5.97 Å². The monoisotopic (exact) mass is 528 g/mol. The molecule has 2 aliphatic heterocycles. The largest absolute Gasteiger partial charge is 0.491 e. The van der Waals surface area contributed by atoms with Gasteiger partial charge in [0.2, 0.25) is 10.0 Å². The maximum Gasteiger partial charge on any atom is 0.323 e. The molecule has 2 aromatic rings. The van der Waals surface area contributed by atoms with E-state index in [0.29, 0.717) is 37.6 Å². The number of carboxylic acid groups (broad SMARTS) is 1. The van der Waals surface area contributed by atoms with Crippen LogP contribution in [0.15, 0.2) is 59.9 Å². The number of benzene rings is 1. The molecule has 7 nitrogen and oxygen atoms in total. The van der Waals surface area contributed by atoms with E-state index in [9.17, 15) is 18.3 Å². The number of allylic oxidation sites excluding steroid dienone is 3. The molecule has 1 aromatic heterocycles. The Morgan fingerprint density at radius 2 is 2.11 bits per heavy atom. The standard InChI is InChI=1S/C27H32N2O5S2/c1-18(2)34-22-4-6-23(7-5-22)36(32,33)29-11-9-20(14-29)25-15-28(16-27(30)31)26-13-19(3-8-24(25)26)21-10-12-35-17-21/h3-6,8,10,12-13,15,18,20-21,23H,7,9,11,14,16-17H2,1-2H3,(H,30,31). The number of ether oxygens (including phenoxy) is 1. The van der Waals surface area contributed by atoms with Crippen LogP contribution < -0.4 is 0 Å². The smallest absolute Gasteiger partial charge is 0.323 e. The Hall–Kier alpha value is -2.49. The van der Waals surface area contributed by atoms with Gasteiger partial charge in [-0.1, -0.05) is 24.3 Å². The Bertz CT molecular complexity index is 1360. The first kappa shape index (κ1) is 25.2. The Morgan fingerprint density at radius 3 is 2.78 bits per heavy atom. The molecule has 0 bridgehead atoms. The summed E-state index contributed by atoms with van der Waals surface area (Å²) in [5.74, 6) is 1.16. The van der Waals surface area contributed by atoms with E-state index in [2.05, 4.69) is 29.7 Å². The van der Waals surface area contributed by atoms with Gasteiger partial charge in [0, 0.05) is 47.8 Å². The van der Waals surface area contributed by atoms with Crippen LogP contribution in [0.5, 0.6) is 0 Å². The van der Waals surface area contributed by atoms with Crippen LogP contribution in [0.2, 0.25) is 0 Å². The summed E-state index contributed by atoms with van der Waals surface area (Å²) in [5.41, 5.74) is 3.10. The number of thioether (sulfide) groups is 1. The number of fused-ring (bicyclic) bond motifs is 1. The zero-order chi connectivity index (χ0) is 25.4. The lowest BCUT2D eigenvalue weighted by Gasteiger charge is -2.24. The summed E-state index contributed by atoms with van der Waals surface area (Å²) in [4.78, 5) is 11.6. The van der Waals surface area contributed by atoms with E-state index in [1.807, 2.05) is 26.1 Å². The Morgan fingerprint density at radius 1 is 1.28 bits per heavy atom. The minimum atomic E-state index is -3.50. The Balaban J connectivity index is 1.37. The summed E-state index contributed by atoms with van der Waals surface area (Å²) >= 11 is 1.78. The number of rotatable bonds is 8. The fourth-order valence-corrected chi connectivity index (χ4v) is 7.98. The third kappa shape index (κ3) is 5.01. The predicted molar refractivity (Wildman–Crippen MR) is 144 cm³/mol. The number of aromatic nitrogens is 1. The third-order valence-corrected chi connectivity index (χ3v) is 10.2. The van der Waals surface area contributed by atoms with Crippen molar-refractivity contribution in [2.24, 2.45) is 0 Å². The van der Waals surface area contributed by atoms with Gasteiger partial charge in [-0.25, -0.2) is 12.7 Å². The fraction of sp³-hybridized carbons (Fsp3) is 0.444. The van der Waals surface area contributed by atoms with Crippen molar-refractivity contribution in [3.8, 4) is 0 Å². The SMILES string of the molecule is CC(C)OC1=CCC(S(=O)(=O)N2CCC(c3cn(CC(=O)O)c4cc(C5C=CSC5)ccc34)C2)C=C1. The zero-order valence-corrected chi connectivity index (χ0v) is 22.2. The highest BCUT2D eigenvalue weighted by atomic mass is 32.2. The normalized spacial score (nSPS) is 24.6. The number of hydrogen-bond acceptors (Lipinski definition) is 5. The number of sulfonamides is 1. The van der Waals surface area contributed by atoms with Gasteiger partial charge in [0.05, 0.1) is 11.4 Å². The summed E-state index contributed by atoms with van der Waals surface area (Å²) < 4.78 is 35.9. The number of hydrogen-bond donors (Lipinski definition) is 1. The lowest BCUT2D eigenvalue weighted by Crippen LogP contribution is -2.36. The molecule has 1 aromatic carbocycles. The second kappa shape index (κ2) is 10.1. The van der Waals surface area contributed by atoms with Crippen molar-refractivity contribution in [2.75, 3.05) is 18.8 Å². The van der Waals surface area contributed by atoms with E-state index in [4.69, 9.17) is 4.74 Å². The lowest BCUT2D eigenvalue weighted by atomic mass is 9.95. The van der Waals surface area contributed by atoms with E-state index in [1.165, 1.54) is 5.56 Å². The molecule has 9 heteroatoms. The molecule has 3 atom stereocenters. The molecule has 3 heterocycles. The third-order valence-electron chi connectivity index (χ3n) is 7.09. The molecule has 36 heavy (non-hydrogen) atoms. The lowest BCUT2D eigenvalue weighted by molar-refractivity contribution is -0.137. The molecule has 1 saturated heterocycles. The average molecular weight is 529 g/mol. The first-order valence-electron chi connectivity index (χ1n) is 12.4. The summed E-state index contributed by atoms with van der Waals surface area (Å²) in [7, 11) is -3.50. The van der Waals surface area contributed by atoms with Gasteiger partial charge in [0.15, 0.2) is 0 Å². The van der Waals surface area contributed by atoms with Gasteiger partial charge in [0.25, 0.3) is 0 Å². The second-order valence-electron chi connectivity index (χ2n) is 9.95. The molecule has 0 saturated carbocycles. The van der Waals surface area contributed by atoms with Crippen molar-refractivity contribution in [3.05, 3.63) is 71.0 Å². The Kier molecular flexibility index (Phi) is 7.07. The van der Waals surface area contributed by atoms with E-state index in [1.54, 1.807) is 32.8 Å². The predicted octanol–water partition coefficient (Wildman–Crippen LogP) is 4.83. The van der Waals surface area contributed by atoms with Crippen LogP contribution >= 0.6 is 11.8 Å². The molecule has 3 aliphatic rings. The molecule has 0 radical (unpaired) electrons. The average Bonchev–Trinajstić information content (AvgIpc) is 3.59. The molecule has 0 spiro atoms. The minimum absolute atomic E-state index is 0.0213. The molecule has 1 aliphatic carbocycles. The first-order chi connectivity index (χ1) is 17.2. The second-order valence-corrected chi connectivity index (χ2v) is 13.0. The summed E-state index contributed by atoms with van der Waals surface area (Å²) in [6.07, 6.45) is 10.6. The summed E-state index contributed by atoms with van der Waals surface area (Å²) in [6.45, 7) is 4.64. The highest BCUT2D eigenvalue weighted by molar-refractivity contribution is 8.02. The van der Waals surface area contributed by atoms with Crippen molar-refractivity contribution >= 4 is 38.7 Å².